The molecule has 0 saturated heterocycles. The van der Waals surface area contributed by atoms with E-state index in [1.54, 1.807) is 12.1 Å². The van der Waals surface area contributed by atoms with Crippen LogP contribution in [0.2, 0.25) is 0 Å². The van der Waals surface area contributed by atoms with Gasteiger partial charge in [-0.2, -0.15) is 0 Å². The number of nitrogens with zero attached hydrogens (tertiary/aromatic N) is 1. The summed E-state index contributed by atoms with van der Waals surface area (Å²) in [7, 11) is 0.555. The van der Waals surface area contributed by atoms with Crippen molar-refractivity contribution in [3.63, 3.8) is 0 Å². The third-order valence-corrected chi connectivity index (χ3v) is 6.17. The summed E-state index contributed by atoms with van der Waals surface area (Å²) in [6.45, 7) is 5.40. The summed E-state index contributed by atoms with van der Waals surface area (Å²) >= 11 is 0. The lowest BCUT2D eigenvalue weighted by molar-refractivity contribution is 0.242. The maximum atomic E-state index is 12.5. The van der Waals surface area contributed by atoms with Crippen molar-refractivity contribution >= 4 is 10.0 Å². The largest absolute Gasteiger partial charge is 0.309 e. The molecule has 1 aliphatic carbocycles. The Morgan fingerprint density at radius 2 is 1.67 bits per heavy atom. The molecule has 1 saturated carbocycles. The minimum Gasteiger partial charge on any atom is -0.309 e. The van der Waals surface area contributed by atoms with Crippen molar-refractivity contribution in [1.29, 1.82) is 0 Å². The second-order valence-electron chi connectivity index (χ2n) is 8.13. The van der Waals surface area contributed by atoms with Crippen molar-refractivity contribution in [2.45, 2.75) is 56.8 Å². The van der Waals surface area contributed by atoms with E-state index in [0.29, 0.717) is 17.4 Å². The first-order valence-corrected chi connectivity index (χ1v) is 10.4. The monoisotopic (exact) mass is 352 g/mol. The Morgan fingerprint density at radius 3 is 2.21 bits per heavy atom. The number of rotatable bonds is 7. The average molecular weight is 353 g/mol. The fraction of sp³-hybridized carbons (Fsp3) is 0.684. The van der Waals surface area contributed by atoms with Crippen LogP contribution in [0.25, 0.3) is 0 Å². The van der Waals surface area contributed by atoms with Crippen molar-refractivity contribution in [2.75, 3.05) is 27.2 Å². The highest BCUT2D eigenvalue weighted by molar-refractivity contribution is 7.89. The van der Waals surface area contributed by atoms with Crippen molar-refractivity contribution in [3.05, 3.63) is 29.8 Å². The van der Waals surface area contributed by atoms with Crippen molar-refractivity contribution in [2.24, 2.45) is 5.41 Å². The Hall–Kier alpha value is -0.910. The van der Waals surface area contributed by atoms with Gasteiger partial charge < -0.3 is 4.90 Å². The van der Waals surface area contributed by atoms with Gasteiger partial charge in [0, 0.05) is 13.1 Å². The summed E-state index contributed by atoms with van der Waals surface area (Å²) in [6.07, 6.45) is 6.35. The Labute approximate surface area is 147 Å². The molecule has 0 aromatic heterocycles. The first kappa shape index (κ1) is 19.4. The molecule has 1 aromatic carbocycles. The zero-order valence-electron chi connectivity index (χ0n) is 15.5. The Morgan fingerprint density at radius 1 is 1.08 bits per heavy atom. The maximum absolute atomic E-state index is 12.5. The lowest BCUT2D eigenvalue weighted by Crippen LogP contribution is -2.39. The van der Waals surface area contributed by atoms with Crippen molar-refractivity contribution in [1.82, 2.24) is 9.62 Å². The zero-order chi connectivity index (χ0) is 17.8. The lowest BCUT2D eigenvalue weighted by Gasteiger charge is -2.28. The van der Waals surface area contributed by atoms with Gasteiger partial charge in [-0.1, -0.05) is 45.2 Å². The third kappa shape index (κ3) is 5.57. The van der Waals surface area contributed by atoms with Gasteiger partial charge in [-0.05, 0) is 56.0 Å². The number of hydrogen-bond donors (Lipinski definition) is 1. The maximum Gasteiger partial charge on any atom is 0.240 e. The highest BCUT2D eigenvalue weighted by Crippen LogP contribution is 2.32. The summed E-state index contributed by atoms with van der Waals surface area (Å²) in [5, 5.41) is 0. The van der Waals surface area contributed by atoms with E-state index in [1.165, 1.54) is 37.7 Å². The van der Waals surface area contributed by atoms with Gasteiger partial charge >= 0.3 is 0 Å². The third-order valence-electron chi connectivity index (χ3n) is 4.75. The van der Waals surface area contributed by atoms with E-state index in [4.69, 9.17) is 0 Å². The second kappa shape index (κ2) is 7.98. The summed E-state index contributed by atoms with van der Waals surface area (Å²) in [5.41, 5.74) is 1.17. The van der Waals surface area contributed by atoms with Gasteiger partial charge in [0.1, 0.15) is 0 Å². The summed E-state index contributed by atoms with van der Waals surface area (Å²) in [4.78, 5) is 2.44. The molecule has 1 aromatic rings. The molecule has 24 heavy (non-hydrogen) atoms. The molecule has 0 bridgehead atoms. The van der Waals surface area contributed by atoms with Crippen LogP contribution in [0.1, 0.15) is 57.4 Å². The van der Waals surface area contributed by atoms with E-state index in [0.717, 1.165) is 6.54 Å². The summed E-state index contributed by atoms with van der Waals surface area (Å²) < 4.78 is 27.8. The van der Waals surface area contributed by atoms with Crippen molar-refractivity contribution in [3.8, 4) is 0 Å². The van der Waals surface area contributed by atoms with Gasteiger partial charge in [0.2, 0.25) is 10.0 Å². The number of benzene rings is 1. The van der Waals surface area contributed by atoms with Crippen molar-refractivity contribution < 1.29 is 8.42 Å². The lowest BCUT2D eigenvalue weighted by atomic mass is 9.84. The minimum absolute atomic E-state index is 0.112. The molecule has 5 heteroatoms. The topological polar surface area (TPSA) is 49.4 Å². The van der Waals surface area contributed by atoms with Crippen LogP contribution in [0.3, 0.4) is 0 Å². The van der Waals surface area contributed by atoms with Crippen LogP contribution in [0.4, 0.5) is 0 Å². The van der Waals surface area contributed by atoms with Crippen LogP contribution in [0, 0.1) is 5.41 Å². The SMILES string of the molecule is CN(C)CC(C)(C)CNS(=O)(=O)c1ccc(C2CCCCC2)cc1. The zero-order valence-corrected chi connectivity index (χ0v) is 16.3. The van der Waals surface area contributed by atoms with E-state index < -0.39 is 10.0 Å². The number of sulfonamides is 1. The van der Waals surface area contributed by atoms with Crippen LogP contribution in [0.15, 0.2) is 29.2 Å². The summed E-state index contributed by atoms with van der Waals surface area (Å²) in [5.74, 6) is 0.600. The molecule has 1 aliphatic rings. The minimum atomic E-state index is -3.45. The smallest absolute Gasteiger partial charge is 0.240 e. The van der Waals surface area contributed by atoms with Crippen LogP contribution in [0.5, 0.6) is 0 Å². The standard InChI is InChI=1S/C19H32N2O2S/c1-19(2,15-21(3)4)14-20-24(22,23)18-12-10-17(11-13-18)16-8-6-5-7-9-16/h10-13,16,20H,5-9,14-15H2,1-4H3. The highest BCUT2D eigenvalue weighted by atomic mass is 32.2. The molecule has 0 unspecified atom stereocenters. The first-order chi connectivity index (χ1) is 11.2. The van der Waals surface area contributed by atoms with Gasteiger partial charge in [0.15, 0.2) is 0 Å². The molecule has 1 fully saturated rings. The molecule has 1 N–H and O–H groups in total. The van der Waals surface area contributed by atoms with Crippen LogP contribution >= 0.6 is 0 Å². The van der Waals surface area contributed by atoms with Gasteiger partial charge in [-0.25, -0.2) is 13.1 Å². The van der Waals surface area contributed by atoms with E-state index in [1.807, 2.05) is 26.2 Å². The van der Waals surface area contributed by atoms with Gasteiger partial charge in [0.25, 0.3) is 0 Å². The highest BCUT2D eigenvalue weighted by Gasteiger charge is 2.23. The number of hydrogen-bond acceptors (Lipinski definition) is 3. The average Bonchev–Trinajstić information content (AvgIpc) is 2.53. The Kier molecular flexibility index (Phi) is 6.46. The molecule has 0 spiro atoms. The molecule has 2 rings (SSSR count). The molecular weight excluding hydrogens is 320 g/mol. The van der Waals surface area contributed by atoms with E-state index in [9.17, 15) is 8.42 Å². The molecule has 4 nitrogen and oxygen atoms in total. The predicted octanol–water partition coefficient (Wildman–Crippen LogP) is 3.60. The molecule has 136 valence electrons. The fourth-order valence-corrected chi connectivity index (χ4v) is 4.88. The first-order valence-electron chi connectivity index (χ1n) is 8.94. The summed E-state index contributed by atoms with van der Waals surface area (Å²) in [6, 6.07) is 7.50. The van der Waals surface area contributed by atoms with Crippen LogP contribution in [-0.4, -0.2) is 40.5 Å². The van der Waals surface area contributed by atoms with Crippen LogP contribution in [-0.2, 0) is 10.0 Å². The Balaban J connectivity index is 2.01. The molecule has 0 radical (unpaired) electrons. The number of nitrogens with one attached hydrogen (secondary N) is 1. The Bertz CT molecular complexity index is 615. The van der Waals surface area contributed by atoms with E-state index in [-0.39, 0.29) is 5.41 Å². The second-order valence-corrected chi connectivity index (χ2v) is 9.90. The molecule has 0 heterocycles. The predicted molar refractivity (Wildman–Crippen MR) is 99.8 cm³/mol. The van der Waals surface area contributed by atoms with E-state index in [2.05, 4.69) is 23.5 Å². The molecule has 0 aliphatic heterocycles. The normalized spacial score (nSPS) is 17.4. The van der Waals surface area contributed by atoms with E-state index >= 15 is 0 Å². The molecule has 0 amide bonds. The van der Waals surface area contributed by atoms with Crippen LogP contribution < -0.4 is 4.72 Å². The molecular formula is C19H32N2O2S. The van der Waals surface area contributed by atoms with Gasteiger partial charge in [-0.3, -0.25) is 0 Å². The van der Waals surface area contributed by atoms with Gasteiger partial charge in [-0.15, -0.1) is 0 Å². The fourth-order valence-electron chi connectivity index (χ4n) is 3.64. The van der Waals surface area contributed by atoms with Gasteiger partial charge in [0.05, 0.1) is 4.90 Å². The molecule has 0 atom stereocenters. The quantitative estimate of drug-likeness (QED) is 0.816.